The summed E-state index contributed by atoms with van der Waals surface area (Å²) in [7, 11) is 0. The summed E-state index contributed by atoms with van der Waals surface area (Å²) in [5, 5.41) is 11.5. The standard InChI is InChI=1S/C18H19N3OS2/c22-18(14-24-12-15-5-2-1-3-6-15)19-11-17(16-7-10-23-13-16)21-9-4-8-20-21/h1-10,13,17H,11-12,14H2,(H,19,22). The number of hydrogen-bond donors (Lipinski definition) is 1. The van der Waals surface area contributed by atoms with Gasteiger partial charge in [0, 0.05) is 24.7 Å². The van der Waals surface area contributed by atoms with Gasteiger partial charge in [-0.1, -0.05) is 30.3 Å². The molecule has 0 aliphatic heterocycles. The van der Waals surface area contributed by atoms with E-state index in [0.717, 1.165) is 5.75 Å². The third-order valence-corrected chi connectivity index (χ3v) is 5.31. The van der Waals surface area contributed by atoms with Gasteiger partial charge in [-0.2, -0.15) is 16.4 Å². The highest BCUT2D eigenvalue weighted by Crippen LogP contribution is 2.19. The number of thiophene rings is 1. The van der Waals surface area contributed by atoms with Crippen LogP contribution in [0.25, 0.3) is 0 Å². The third kappa shape index (κ3) is 4.72. The van der Waals surface area contributed by atoms with Crippen LogP contribution in [0.5, 0.6) is 0 Å². The van der Waals surface area contributed by atoms with Crippen molar-refractivity contribution in [2.24, 2.45) is 0 Å². The van der Waals surface area contributed by atoms with E-state index >= 15 is 0 Å². The Hall–Kier alpha value is -2.05. The lowest BCUT2D eigenvalue weighted by molar-refractivity contribution is -0.118. The Kier molecular flexibility index (Phi) is 6.09. The quantitative estimate of drug-likeness (QED) is 0.670. The Bertz CT molecular complexity index is 693. The van der Waals surface area contributed by atoms with Gasteiger partial charge in [-0.15, -0.1) is 11.8 Å². The molecule has 3 aromatic rings. The van der Waals surface area contributed by atoms with E-state index in [4.69, 9.17) is 0 Å². The fourth-order valence-corrected chi connectivity index (χ4v) is 3.92. The summed E-state index contributed by atoms with van der Waals surface area (Å²) in [6.07, 6.45) is 3.69. The molecule has 24 heavy (non-hydrogen) atoms. The average Bonchev–Trinajstić information content (AvgIpc) is 3.30. The Morgan fingerprint density at radius 2 is 2.12 bits per heavy atom. The van der Waals surface area contributed by atoms with Crippen molar-refractivity contribution >= 4 is 29.0 Å². The minimum Gasteiger partial charge on any atom is -0.353 e. The molecular weight excluding hydrogens is 338 g/mol. The fourth-order valence-electron chi connectivity index (χ4n) is 2.39. The number of carbonyl (C=O) groups excluding carboxylic acids is 1. The topological polar surface area (TPSA) is 46.9 Å². The number of hydrogen-bond acceptors (Lipinski definition) is 4. The Morgan fingerprint density at radius 3 is 2.83 bits per heavy atom. The highest BCUT2D eigenvalue weighted by atomic mass is 32.2. The highest BCUT2D eigenvalue weighted by molar-refractivity contribution is 7.99. The molecule has 1 aromatic carbocycles. The number of thioether (sulfide) groups is 1. The first kappa shape index (κ1) is 16.8. The van der Waals surface area contributed by atoms with Crippen LogP contribution in [0, 0.1) is 0 Å². The molecule has 0 aliphatic carbocycles. The summed E-state index contributed by atoms with van der Waals surface area (Å²) < 4.78 is 1.89. The molecule has 1 atom stereocenters. The first-order valence-electron chi connectivity index (χ1n) is 7.72. The zero-order valence-electron chi connectivity index (χ0n) is 13.2. The molecule has 6 heteroatoms. The average molecular weight is 358 g/mol. The summed E-state index contributed by atoms with van der Waals surface area (Å²) in [5.41, 5.74) is 2.41. The lowest BCUT2D eigenvalue weighted by Gasteiger charge is -2.17. The van der Waals surface area contributed by atoms with E-state index in [9.17, 15) is 4.79 Å². The van der Waals surface area contributed by atoms with Gasteiger partial charge in [0.2, 0.25) is 5.91 Å². The van der Waals surface area contributed by atoms with Crippen LogP contribution in [0.15, 0.2) is 65.6 Å². The van der Waals surface area contributed by atoms with Crippen molar-refractivity contribution in [3.8, 4) is 0 Å². The fraction of sp³-hybridized carbons (Fsp3) is 0.222. The monoisotopic (exact) mass is 357 g/mol. The van der Waals surface area contributed by atoms with E-state index < -0.39 is 0 Å². The molecule has 2 heterocycles. The van der Waals surface area contributed by atoms with Crippen LogP contribution in [0.4, 0.5) is 0 Å². The molecule has 1 unspecified atom stereocenters. The smallest absolute Gasteiger partial charge is 0.230 e. The second-order valence-electron chi connectivity index (χ2n) is 5.34. The van der Waals surface area contributed by atoms with E-state index in [1.807, 2.05) is 40.5 Å². The zero-order chi connectivity index (χ0) is 16.6. The number of rotatable bonds is 8. The van der Waals surface area contributed by atoms with E-state index in [0.29, 0.717) is 12.3 Å². The van der Waals surface area contributed by atoms with Crippen LogP contribution in [-0.4, -0.2) is 28.0 Å². The largest absolute Gasteiger partial charge is 0.353 e. The molecule has 0 radical (unpaired) electrons. The summed E-state index contributed by atoms with van der Waals surface area (Å²) >= 11 is 3.28. The van der Waals surface area contributed by atoms with Crippen LogP contribution < -0.4 is 5.32 Å². The molecule has 0 aliphatic rings. The Labute approximate surface area is 149 Å². The first-order chi connectivity index (χ1) is 11.8. The van der Waals surface area contributed by atoms with Gasteiger partial charge in [0.15, 0.2) is 0 Å². The van der Waals surface area contributed by atoms with E-state index in [1.54, 1.807) is 29.3 Å². The van der Waals surface area contributed by atoms with Gasteiger partial charge in [-0.3, -0.25) is 9.48 Å². The van der Waals surface area contributed by atoms with Crippen molar-refractivity contribution in [1.82, 2.24) is 15.1 Å². The Balaban J connectivity index is 1.49. The van der Waals surface area contributed by atoms with Crippen molar-refractivity contribution in [2.45, 2.75) is 11.8 Å². The zero-order valence-corrected chi connectivity index (χ0v) is 14.8. The minimum atomic E-state index is 0.0364. The Morgan fingerprint density at radius 1 is 1.25 bits per heavy atom. The second-order valence-corrected chi connectivity index (χ2v) is 7.11. The number of nitrogens with zero attached hydrogens (tertiary/aromatic N) is 2. The lowest BCUT2D eigenvalue weighted by Crippen LogP contribution is -2.32. The summed E-state index contributed by atoms with van der Waals surface area (Å²) in [5.74, 6) is 1.37. The van der Waals surface area contributed by atoms with Crippen LogP contribution in [0.1, 0.15) is 17.2 Å². The van der Waals surface area contributed by atoms with Crippen LogP contribution >= 0.6 is 23.1 Å². The molecule has 0 saturated carbocycles. The number of aromatic nitrogens is 2. The molecule has 0 fully saturated rings. The molecule has 0 bridgehead atoms. The molecule has 124 valence electrons. The molecule has 4 nitrogen and oxygen atoms in total. The summed E-state index contributed by atoms with van der Waals surface area (Å²) in [6.45, 7) is 0.545. The molecule has 1 N–H and O–H groups in total. The second kappa shape index (κ2) is 8.70. The van der Waals surface area contributed by atoms with E-state index in [-0.39, 0.29) is 11.9 Å². The maximum atomic E-state index is 12.1. The minimum absolute atomic E-state index is 0.0364. The molecule has 0 spiro atoms. The predicted octanol–water partition coefficient (Wildman–Crippen LogP) is 3.58. The van der Waals surface area contributed by atoms with Gasteiger partial charge in [-0.05, 0) is 34.0 Å². The van der Waals surface area contributed by atoms with Gasteiger partial charge in [0.25, 0.3) is 0 Å². The van der Waals surface area contributed by atoms with Gasteiger partial charge >= 0.3 is 0 Å². The van der Waals surface area contributed by atoms with Gasteiger partial charge < -0.3 is 5.32 Å². The molecular formula is C18H19N3OS2. The predicted molar refractivity (Wildman–Crippen MR) is 100 cm³/mol. The van der Waals surface area contributed by atoms with Gasteiger partial charge in [0.1, 0.15) is 0 Å². The van der Waals surface area contributed by atoms with E-state index in [2.05, 4.69) is 34.0 Å². The van der Waals surface area contributed by atoms with Crippen LogP contribution in [0.2, 0.25) is 0 Å². The molecule has 3 rings (SSSR count). The van der Waals surface area contributed by atoms with Crippen molar-refractivity contribution < 1.29 is 4.79 Å². The third-order valence-electron chi connectivity index (χ3n) is 3.61. The molecule has 1 amide bonds. The summed E-state index contributed by atoms with van der Waals surface area (Å²) in [4.78, 5) is 12.1. The maximum absolute atomic E-state index is 12.1. The molecule has 0 saturated heterocycles. The van der Waals surface area contributed by atoms with Crippen LogP contribution in [0.3, 0.4) is 0 Å². The number of carbonyl (C=O) groups is 1. The normalized spacial score (nSPS) is 12.0. The number of amides is 1. The van der Waals surface area contributed by atoms with Crippen molar-refractivity contribution in [3.05, 3.63) is 76.7 Å². The number of benzene rings is 1. The van der Waals surface area contributed by atoms with Crippen molar-refractivity contribution in [1.29, 1.82) is 0 Å². The lowest BCUT2D eigenvalue weighted by atomic mass is 10.1. The maximum Gasteiger partial charge on any atom is 0.230 e. The summed E-state index contributed by atoms with van der Waals surface area (Å²) in [6, 6.07) is 14.2. The molecule has 2 aromatic heterocycles. The number of nitrogens with one attached hydrogen (secondary N) is 1. The first-order valence-corrected chi connectivity index (χ1v) is 9.82. The van der Waals surface area contributed by atoms with Gasteiger partial charge in [0.05, 0.1) is 11.8 Å². The van der Waals surface area contributed by atoms with Gasteiger partial charge in [-0.25, -0.2) is 0 Å². The van der Waals surface area contributed by atoms with E-state index in [1.165, 1.54) is 11.1 Å². The van der Waals surface area contributed by atoms with Crippen LogP contribution in [-0.2, 0) is 10.5 Å². The SMILES string of the molecule is O=C(CSCc1ccccc1)NCC(c1ccsc1)n1cccn1. The highest BCUT2D eigenvalue weighted by Gasteiger charge is 2.15. The van der Waals surface area contributed by atoms with Crippen molar-refractivity contribution in [3.63, 3.8) is 0 Å². The van der Waals surface area contributed by atoms with Crippen molar-refractivity contribution in [2.75, 3.05) is 12.3 Å².